The lowest BCUT2D eigenvalue weighted by Gasteiger charge is -2.24. The molecule has 1 atom stereocenters. The minimum Gasteiger partial charge on any atom is -0.339 e. The van der Waals surface area contributed by atoms with Crippen LogP contribution in [0.25, 0.3) is 11.2 Å². The van der Waals surface area contributed by atoms with Crippen molar-refractivity contribution in [3.8, 4) is 0 Å². The Labute approximate surface area is 117 Å². The number of pyridine rings is 1. The molecule has 3 heterocycles. The van der Waals surface area contributed by atoms with Crippen LogP contribution in [0.3, 0.4) is 0 Å². The van der Waals surface area contributed by atoms with Gasteiger partial charge in [-0.3, -0.25) is 0 Å². The van der Waals surface area contributed by atoms with E-state index in [1.165, 1.54) is 11.1 Å². The average Bonchev–Trinajstić information content (AvgIpc) is 2.89. The van der Waals surface area contributed by atoms with Gasteiger partial charge in [0.15, 0.2) is 5.65 Å². The molecule has 4 nitrogen and oxygen atoms in total. The molecule has 1 aromatic carbocycles. The van der Waals surface area contributed by atoms with Crippen molar-refractivity contribution in [2.24, 2.45) is 0 Å². The summed E-state index contributed by atoms with van der Waals surface area (Å²) in [6.45, 7) is 2.94. The summed E-state index contributed by atoms with van der Waals surface area (Å²) in [7, 11) is 0. The van der Waals surface area contributed by atoms with Crippen molar-refractivity contribution in [2.45, 2.75) is 25.9 Å². The van der Waals surface area contributed by atoms with Crippen molar-refractivity contribution in [1.82, 2.24) is 20.3 Å². The standard InChI is InChI=1S/C16H16N4/c1-10-6-14-15(18-8-10)20-16(19-14)13-7-11-4-2-3-5-12(11)9-17-13/h2-6,8,13,17H,7,9H2,1H3,(H,18,19,20). The molecule has 0 spiro atoms. The summed E-state index contributed by atoms with van der Waals surface area (Å²) in [6, 6.07) is 10.9. The molecular weight excluding hydrogens is 248 g/mol. The van der Waals surface area contributed by atoms with E-state index in [1.807, 2.05) is 13.1 Å². The highest BCUT2D eigenvalue weighted by Crippen LogP contribution is 2.25. The van der Waals surface area contributed by atoms with Gasteiger partial charge in [0.1, 0.15) is 5.82 Å². The van der Waals surface area contributed by atoms with Crippen molar-refractivity contribution in [3.05, 3.63) is 59.0 Å². The van der Waals surface area contributed by atoms with Crippen molar-refractivity contribution in [1.29, 1.82) is 0 Å². The molecule has 20 heavy (non-hydrogen) atoms. The zero-order valence-electron chi connectivity index (χ0n) is 11.4. The zero-order valence-corrected chi connectivity index (χ0v) is 11.4. The van der Waals surface area contributed by atoms with Crippen molar-refractivity contribution >= 4 is 11.2 Å². The van der Waals surface area contributed by atoms with Crippen molar-refractivity contribution in [3.63, 3.8) is 0 Å². The summed E-state index contributed by atoms with van der Waals surface area (Å²) in [5.74, 6) is 0.979. The molecule has 0 saturated carbocycles. The van der Waals surface area contributed by atoms with Crippen LogP contribution < -0.4 is 5.32 Å². The Morgan fingerprint density at radius 1 is 1.20 bits per heavy atom. The minimum absolute atomic E-state index is 0.236. The molecule has 0 aliphatic carbocycles. The van der Waals surface area contributed by atoms with Crippen LogP contribution in [-0.2, 0) is 13.0 Å². The molecular formula is C16H16N4. The summed E-state index contributed by atoms with van der Waals surface area (Å²) in [5.41, 5.74) is 5.75. The summed E-state index contributed by atoms with van der Waals surface area (Å²) in [5, 5.41) is 3.55. The molecule has 3 aromatic rings. The van der Waals surface area contributed by atoms with Crippen LogP contribution in [0.1, 0.15) is 28.6 Å². The SMILES string of the molecule is Cc1cnc2nc(C3Cc4ccccc4CN3)[nH]c2c1. The number of imidazole rings is 1. The Morgan fingerprint density at radius 3 is 2.95 bits per heavy atom. The summed E-state index contributed by atoms with van der Waals surface area (Å²) < 4.78 is 0. The van der Waals surface area contributed by atoms with Gasteiger partial charge in [0, 0.05) is 12.7 Å². The Hall–Kier alpha value is -2.20. The lowest BCUT2D eigenvalue weighted by atomic mass is 9.96. The molecule has 0 saturated heterocycles. The number of nitrogens with one attached hydrogen (secondary N) is 2. The Morgan fingerprint density at radius 2 is 2.05 bits per heavy atom. The molecule has 4 heteroatoms. The maximum Gasteiger partial charge on any atom is 0.177 e. The average molecular weight is 264 g/mol. The first-order chi connectivity index (χ1) is 9.79. The fourth-order valence-electron chi connectivity index (χ4n) is 2.84. The normalized spacial score (nSPS) is 18.1. The van der Waals surface area contributed by atoms with E-state index in [0.717, 1.165) is 35.5 Å². The molecule has 1 aliphatic heterocycles. The number of aromatic amines is 1. The number of H-pyrrole nitrogens is 1. The second kappa shape index (κ2) is 4.42. The zero-order chi connectivity index (χ0) is 13.5. The molecule has 0 bridgehead atoms. The maximum atomic E-state index is 4.62. The van der Waals surface area contributed by atoms with E-state index in [4.69, 9.17) is 0 Å². The largest absolute Gasteiger partial charge is 0.339 e. The van der Waals surface area contributed by atoms with Crippen molar-refractivity contribution in [2.75, 3.05) is 0 Å². The highest BCUT2D eigenvalue weighted by Gasteiger charge is 2.21. The van der Waals surface area contributed by atoms with Gasteiger partial charge in [0.2, 0.25) is 0 Å². The van der Waals surface area contributed by atoms with Crippen LogP contribution in [0, 0.1) is 6.92 Å². The van der Waals surface area contributed by atoms with Gasteiger partial charge in [-0.15, -0.1) is 0 Å². The number of benzene rings is 1. The monoisotopic (exact) mass is 264 g/mol. The van der Waals surface area contributed by atoms with Crippen molar-refractivity contribution < 1.29 is 0 Å². The Balaban J connectivity index is 1.70. The maximum absolute atomic E-state index is 4.62. The van der Waals surface area contributed by atoms with Crippen LogP contribution in [-0.4, -0.2) is 15.0 Å². The summed E-state index contributed by atoms with van der Waals surface area (Å²) in [6.07, 6.45) is 2.82. The summed E-state index contributed by atoms with van der Waals surface area (Å²) in [4.78, 5) is 12.4. The highest BCUT2D eigenvalue weighted by molar-refractivity contribution is 5.71. The fourth-order valence-corrected chi connectivity index (χ4v) is 2.84. The van der Waals surface area contributed by atoms with Gasteiger partial charge < -0.3 is 10.3 Å². The van der Waals surface area contributed by atoms with Gasteiger partial charge in [0.25, 0.3) is 0 Å². The van der Waals surface area contributed by atoms with E-state index in [-0.39, 0.29) is 6.04 Å². The first-order valence-corrected chi connectivity index (χ1v) is 6.92. The number of nitrogens with zero attached hydrogens (tertiary/aromatic N) is 2. The smallest absolute Gasteiger partial charge is 0.177 e. The first kappa shape index (κ1) is 11.6. The molecule has 100 valence electrons. The Kier molecular flexibility index (Phi) is 2.57. The molecule has 2 aromatic heterocycles. The number of aryl methyl sites for hydroxylation is 1. The third kappa shape index (κ3) is 1.89. The Bertz CT molecular complexity index is 775. The van der Waals surface area contributed by atoms with Crippen LogP contribution >= 0.6 is 0 Å². The second-order valence-corrected chi connectivity index (χ2v) is 5.41. The molecule has 0 radical (unpaired) electrons. The van der Waals surface area contributed by atoms with E-state index in [2.05, 4.69) is 50.6 Å². The topological polar surface area (TPSA) is 53.6 Å². The van der Waals surface area contributed by atoms with E-state index in [1.54, 1.807) is 0 Å². The predicted molar refractivity (Wildman–Crippen MR) is 78.4 cm³/mol. The highest BCUT2D eigenvalue weighted by atomic mass is 15.1. The number of hydrogen-bond donors (Lipinski definition) is 2. The molecule has 0 amide bonds. The number of fused-ring (bicyclic) bond motifs is 2. The van der Waals surface area contributed by atoms with Gasteiger partial charge in [-0.2, -0.15) is 0 Å². The van der Waals surface area contributed by atoms with Crippen LogP contribution in [0.15, 0.2) is 36.5 Å². The third-order valence-corrected chi connectivity index (χ3v) is 3.90. The van der Waals surface area contributed by atoms with E-state index < -0.39 is 0 Å². The molecule has 1 aliphatic rings. The quantitative estimate of drug-likeness (QED) is 0.710. The minimum atomic E-state index is 0.236. The number of rotatable bonds is 1. The van der Waals surface area contributed by atoms with Gasteiger partial charge in [-0.1, -0.05) is 24.3 Å². The first-order valence-electron chi connectivity index (χ1n) is 6.92. The predicted octanol–water partition coefficient (Wildman–Crippen LogP) is 2.65. The van der Waals surface area contributed by atoms with Crippen LogP contribution in [0.5, 0.6) is 0 Å². The molecule has 0 fully saturated rings. The molecule has 1 unspecified atom stereocenters. The van der Waals surface area contributed by atoms with Gasteiger partial charge in [0.05, 0.1) is 11.6 Å². The number of hydrogen-bond acceptors (Lipinski definition) is 3. The van der Waals surface area contributed by atoms with Crippen LogP contribution in [0.4, 0.5) is 0 Å². The van der Waals surface area contributed by atoms with Gasteiger partial charge in [-0.25, -0.2) is 9.97 Å². The number of aromatic nitrogens is 3. The molecule has 4 rings (SSSR count). The lowest BCUT2D eigenvalue weighted by Crippen LogP contribution is -2.29. The molecule has 2 N–H and O–H groups in total. The van der Waals surface area contributed by atoms with Gasteiger partial charge in [-0.05, 0) is 36.1 Å². The van der Waals surface area contributed by atoms with E-state index in [9.17, 15) is 0 Å². The lowest BCUT2D eigenvalue weighted by molar-refractivity contribution is 0.481. The van der Waals surface area contributed by atoms with E-state index >= 15 is 0 Å². The fraction of sp³-hybridized carbons (Fsp3) is 0.250. The second-order valence-electron chi connectivity index (χ2n) is 5.41. The van der Waals surface area contributed by atoms with Gasteiger partial charge >= 0.3 is 0 Å². The van der Waals surface area contributed by atoms with E-state index in [0.29, 0.717) is 0 Å². The van der Waals surface area contributed by atoms with Crippen LogP contribution in [0.2, 0.25) is 0 Å². The summed E-state index contributed by atoms with van der Waals surface area (Å²) >= 11 is 0. The third-order valence-electron chi connectivity index (χ3n) is 3.90.